The van der Waals surface area contributed by atoms with E-state index in [2.05, 4.69) is 10.3 Å². The molecule has 0 radical (unpaired) electrons. The third-order valence-electron chi connectivity index (χ3n) is 4.12. The summed E-state index contributed by atoms with van der Waals surface area (Å²) in [5, 5.41) is 2.93. The standard InChI is InChI=1S/C15H14F4N2O/c1-8-4-12-9(6-11(8)16)5-10(21-12)7-20-13(22)14(2-3-14)15(17,18)19/h4-6,21H,2-3,7H2,1H3,(H,20,22). The Morgan fingerprint density at radius 2 is 2.00 bits per heavy atom. The third kappa shape index (κ3) is 2.34. The van der Waals surface area contributed by atoms with E-state index in [0.29, 0.717) is 22.2 Å². The molecular weight excluding hydrogens is 300 g/mol. The van der Waals surface area contributed by atoms with Crippen molar-refractivity contribution >= 4 is 16.8 Å². The van der Waals surface area contributed by atoms with Crippen molar-refractivity contribution in [3.63, 3.8) is 0 Å². The molecule has 1 heterocycles. The molecule has 2 aromatic rings. The molecule has 0 saturated heterocycles. The summed E-state index contributed by atoms with van der Waals surface area (Å²) in [6, 6.07) is 4.59. The Morgan fingerprint density at radius 1 is 1.32 bits per heavy atom. The Balaban J connectivity index is 1.73. The molecule has 1 fully saturated rings. The van der Waals surface area contributed by atoms with Crippen LogP contribution in [0.4, 0.5) is 17.6 Å². The summed E-state index contributed by atoms with van der Waals surface area (Å²) in [5.74, 6) is -1.35. The minimum Gasteiger partial charge on any atom is -0.357 e. The number of aryl methyl sites for hydroxylation is 1. The molecule has 1 aromatic carbocycles. The number of alkyl halides is 3. The van der Waals surface area contributed by atoms with Crippen LogP contribution in [0.5, 0.6) is 0 Å². The van der Waals surface area contributed by atoms with Gasteiger partial charge in [-0.3, -0.25) is 4.79 Å². The van der Waals surface area contributed by atoms with Crippen LogP contribution in [0.1, 0.15) is 24.1 Å². The Labute approximate surface area is 123 Å². The van der Waals surface area contributed by atoms with Crippen LogP contribution in [-0.4, -0.2) is 17.1 Å². The average Bonchev–Trinajstić information content (AvgIpc) is 3.15. The van der Waals surface area contributed by atoms with Crippen LogP contribution >= 0.6 is 0 Å². The lowest BCUT2D eigenvalue weighted by molar-refractivity contribution is -0.192. The minimum atomic E-state index is -4.52. The Kier molecular flexibility index (Phi) is 3.19. The zero-order valence-corrected chi connectivity index (χ0v) is 11.8. The van der Waals surface area contributed by atoms with E-state index < -0.39 is 17.5 Å². The molecule has 1 saturated carbocycles. The molecule has 1 aromatic heterocycles. The SMILES string of the molecule is Cc1cc2[nH]c(CNC(=O)C3(C(F)(F)F)CC3)cc2cc1F. The Bertz CT molecular complexity index is 705. The maximum Gasteiger partial charge on any atom is 0.403 e. The molecule has 3 nitrogen and oxygen atoms in total. The number of benzene rings is 1. The molecule has 0 spiro atoms. The molecule has 0 bridgehead atoms. The number of nitrogens with one attached hydrogen (secondary N) is 2. The van der Waals surface area contributed by atoms with Gasteiger partial charge in [-0.05, 0) is 43.5 Å². The number of fused-ring (bicyclic) bond motifs is 1. The van der Waals surface area contributed by atoms with E-state index in [1.165, 1.54) is 6.07 Å². The van der Waals surface area contributed by atoms with Gasteiger partial charge in [0.2, 0.25) is 5.91 Å². The minimum absolute atomic E-state index is 0.0496. The van der Waals surface area contributed by atoms with Crippen molar-refractivity contribution in [3.05, 3.63) is 35.3 Å². The van der Waals surface area contributed by atoms with Gasteiger partial charge in [-0.2, -0.15) is 13.2 Å². The highest BCUT2D eigenvalue weighted by Crippen LogP contribution is 2.57. The van der Waals surface area contributed by atoms with Crippen LogP contribution < -0.4 is 5.32 Å². The number of aromatic amines is 1. The molecule has 22 heavy (non-hydrogen) atoms. The molecular formula is C15H14F4N2O. The third-order valence-corrected chi connectivity index (χ3v) is 4.12. The largest absolute Gasteiger partial charge is 0.403 e. The van der Waals surface area contributed by atoms with Gasteiger partial charge >= 0.3 is 6.18 Å². The zero-order valence-electron chi connectivity index (χ0n) is 11.8. The second-order valence-corrected chi connectivity index (χ2v) is 5.75. The van der Waals surface area contributed by atoms with Crippen LogP contribution in [0.25, 0.3) is 10.9 Å². The van der Waals surface area contributed by atoms with E-state index in [0.717, 1.165) is 0 Å². The predicted molar refractivity (Wildman–Crippen MR) is 72.6 cm³/mol. The lowest BCUT2D eigenvalue weighted by atomic mass is 10.1. The fourth-order valence-electron chi connectivity index (χ4n) is 2.53. The molecule has 0 unspecified atom stereocenters. The Morgan fingerprint density at radius 3 is 2.59 bits per heavy atom. The van der Waals surface area contributed by atoms with Crippen molar-refractivity contribution < 1.29 is 22.4 Å². The molecule has 0 aliphatic heterocycles. The quantitative estimate of drug-likeness (QED) is 0.836. The summed E-state index contributed by atoms with van der Waals surface area (Å²) in [6.45, 7) is 1.57. The van der Waals surface area contributed by atoms with E-state index in [-0.39, 0.29) is 25.2 Å². The van der Waals surface area contributed by atoms with E-state index in [1.54, 1.807) is 19.1 Å². The number of aromatic nitrogens is 1. The lowest BCUT2D eigenvalue weighted by Crippen LogP contribution is -2.40. The molecule has 2 N–H and O–H groups in total. The zero-order chi connectivity index (χ0) is 16.1. The van der Waals surface area contributed by atoms with Crippen molar-refractivity contribution in [2.24, 2.45) is 5.41 Å². The number of halogens is 4. The first-order chi connectivity index (χ1) is 10.2. The summed E-state index contributed by atoms with van der Waals surface area (Å²) >= 11 is 0. The first kappa shape index (κ1) is 14.9. The van der Waals surface area contributed by atoms with Gasteiger partial charge < -0.3 is 10.3 Å². The van der Waals surface area contributed by atoms with Gasteiger partial charge in [-0.25, -0.2) is 4.39 Å². The average molecular weight is 314 g/mol. The van der Waals surface area contributed by atoms with Gasteiger partial charge in [0.1, 0.15) is 11.2 Å². The monoisotopic (exact) mass is 314 g/mol. The van der Waals surface area contributed by atoms with Gasteiger partial charge in [-0.15, -0.1) is 0 Å². The number of carbonyl (C=O) groups excluding carboxylic acids is 1. The van der Waals surface area contributed by atoms with Crippen LogP contribution in [0.3, 0.4) is 0 Å². The predicted octanol–water partition coefficient (Wildman–Crippen LogP) is 3.57. The molecule has 118 valence electrons. The van der Waals surface area contributed by atoms with Gasteiger partial charge in [0.15, 0.2) is 0 Å². The summed E-state index contributed by atoms with van der Waals surface area (Å²) in [4.78, 5) is 14.7. The molecule has 1 aliphatic rings. The first-order valence-corrected chi connectivity index (χ1v) is 6.86. The van der Waals surface area contributed by atoms with Gasteiger partial charge in [0.25, 0.3) is 0 Å². The highest BCUT2D eigenvalue weighted by Gasteiger charge is 2.68. The van der Waals surface area contributed by atoms with Crippen molar-refractivity contribution in [1.29, 1.82) is 0 Å². The number of amides is 1. The number of hydrogen-bond acceptors (Lipinski definition) is 1. The van der Waals surface area contributed by atoms with E-state index in [1.807, 2.05) is 0 Å². The van der Waals surface area contributed by atoms with Gasteiger partial charge in [0.05, 0.1) is 6.54 Å². The second-order valence-electron chi connectivity index (χ2n) is 5.75. The highest BCUT2D eigenvalue weighted by atomic mass is 19.4. The van der Waals surface area contributed by atoms with Crippen LogP contribution in [0.15, 0.2) is 18.2 Å². The van der Waals surface area contributed by atoms with Crippen LogP contribution in [-0.2, 0) is 11.3 Å². The maximum atomic E-state index is 13.5. The fourth-order valence-corrected chi connectivity index (χ4v) is 2.53. The summed E-state index contributed by atoms with van der Waals surface area (Å²) in [6.07, 6.45) is -4.85. The topological polar surface area (TPSA) is 44.9 Å². The molecule has 3 rings (SSSR count). The van der Waals surface area contributed by atoms with Crippen molar-refractivity contribution in [3.8, 4) is 0 Å². The van der Waals surface area contributed by atoms with Crippen molar-refractivity contribution in [1.82, 2.24) is 10.3 Å². The van der Waals surface area contributed by atoms with Crippen molar-refractivity contribution in [2.75, 3.05) is 0 Å². The molecule has 7 heteroatoms. The smallest absolute Gasteiger partial charge is 0.357 e. The molecule has 0 atom stereocenters. The number of hydrogen-bond donors (Lipinski definition) is 2. The molecule has 1 aliphatic carbocycles. The summed E-state index contributed by atoms with van der Waals surface area (Å²) in [7, 11) is 0. The number of carbonyl (C=O) groups is 1. The molecule has 1 amide bonds. The second kappa shape index (κ2) is 4.72. The van der Waals surface area contributed by atoms with Crippen LogP contribution in [0, 0.1) is 18.2 Å². The van der Waals surface area contributed by atoms with E-state index >= 15 is 0 Å². The normalized spacial score (nSPS) is 16.8. The summed E-state index contributed by atoms with van der Waals surface area (Å²) in [5.41, 5.74) is -0.535. The maximum absolute atomic E-state index is 13.5. The van der Waals surface area contributed by atoms with Crippen LogP contribution in [0.2, 0.25) is 0 Å². The van der Waals surface area contributed by atoms with Gasteiger partial charge in [-0.1, -0.05) is 0 Å². The van der Waals surface area contributed by atoms with E-state index in [9.17, 15) is 22.4 Å². The lowest BCUT2D eigenvalue weighted by Gasteiger charge is -2.18. The van der Waals surface area contributed by atoms with Gasteiger partial charge in [0, 0.05) is 16.6 Å². The summed E-state index contributed by atoms with van der Waals surface area (Å²) < 4.78 is 51.9. The van der Waals surface area contributed by atoms with E-state index in [4.69, 9.17) is 0 Å². The van der Waals surface area contributed by atoms with Crippen molar-refractivity contribution in [2.45, 2.75) is 32.5 Å². The number of H-pyrrole nitrogens is 1. The fraction of sp³-hybridized carbons (Fsp3) is 0.400. The highest BCUT2D eigenvalue weighted by molar-refractivity contribution is 5.86. The number of rotatable bonds is 3. The first-order valence-electron chi connectivity index (χ1n) is 6.86. The Hall–Kier alpha value is -2.05.